The van der Waals surface area contributed by atoms with Gasteiger partial charge in [-0.1, -0.05) is 24.2 Å². The predicted molar refractivity (Wildman–Crippen MR) is 98.9 cm³/mol. The summed E-state index contributed by atoms with van der Waals surface area (Å²) in [5, 5.41) is 15.6. The Kier molecular flexibility index (Phi) is 5.97. The monoisotopic (exact) mass is 378 g/mol. The van der Waals surface area contributed by atoms with Crippen molar-refractivity contribution in [1.82, 2.24) is 10.1 Å². The van der Waals surface area contributed by atoms with Gasteiger partial charge in [-0.3, -0.25) is 9.59 Å². The molecule has 3 rings (SSSR count). The second-order valence-electron chi connectivity index (χ2n) is 6.06. The molecule has 0 aliphatic carbocycles. The quantitative estimate of drug-likeness (QED) is 0.597. The Balaban J connectivity index is 1.57. The molecule has 3 aromatic rings. The Morgan fingerprint density at radius 3 is 2.68 bits per heavy atom. The molecule has 1 amide bonds. The number of rotatable bonds is 8. The first-order valence-corrected chi connectivity index (χ1v) is 8.79. The lowest BCUT2D eigenvalue weighted by Crippen LogP contribution is -2.28. The van der Waals surface area contributed by atoms with Crippen molar-refractivity contribution < 1.29 is 18.5 Å². The van der Waals surface area contributed by atoms with E-state index in [1.54, 1.807) is 30.3 Å². The number of nitriles is 1. The lowest BCUT2D eigenvalue weighted by atomic mass is 10.0. The molecule has 8 nitrogen and oxygen atoms in total. The molecule has 2 aromatic heterocycles. The molecule has 142 valence electrons. The number of carbonyl (C=O) groups excluding carboxylic acids is 2. The molecule has 8 heteroatoms. The fourth-order valence-electron chi connectivity index (χ4n) is 2.55. The summed E-state index contributed by atoms with van der Waals surface area (Å²) in [6.07, 6.45) is 2.43. The highest BCUT2D eigenvalue weighted by Gasteiger charge is 2.26. The van der Waals surface area contributed by atoms with Gasteiger partial charge in [-0.15, -0.1) is 0 Å². The fourth-order valence-corrected chi connectivity index (χ4v) is 2.55. The number of Topliss-reactive ketones (excluding diaryl/α,β-unsaturated/α-hetero) is 1. The number of furan rings is 1. The van der Waals surface area contributed by atoms with Gasteiger partial charge in [0.15, 0.2) is 17.5 Å². The molecular weight excluding hydrogens is 360 g/mol. The maximum Gasteiger partial charge on any atom is 0.249 e. The van der Waals surface area contributed by atoms with Crippen molar-refractivity contribution in [3.05, 3.63) is 54.1 Å². The fraction of sp³-hybridized carbons (Fsp3) is 0.250. The van der Waals surface area contributed by atoms with E-state index in [0.717, 1.165) is 12.0 Å². The van der Waals surface area contributed by atoms with E-state index in [1.165, 1.54) is 6.26 Å². The molecule has 0 aliphatic rings. The molecule has 1 atom stereocenters. The predicted octanol–water partition coefficient (Wildman–Crippen LogP) is 3.17. The topological polar surface area (TPSA) is 122 Å². The van der Waals surface area contributed by atoms with Crippen LogP contribution in [0.25, 0.3) is 11.6 Å². The maximum absolute atomic E-state index is 12.3. The molecular formula is C20H18N4O4. The lowest BCUT2D eigenvalue weighted by Gasteiger charge is -2.09. The van der Waals surface area contributed by atoms with Crippen molar-refractivity contribution in [3.63, 3.8) is 0 Å². The van der Waals surface area contributed by atoms with E-state index >= 15 is 0 Å². The van der Waals surface area contributed by atoms with Crippen molar-refractivity contribution in [1.29, 1.82) is 5.26 Å². The van der Waals surface area contributed by atoms with E-state index in [4.69, 9.17) is 8.94 Å². The van der Waals surface area contributed by atoms with Crippen LogP contribution in [-0.4, -0.2) is 21.8 Å². The van der Waals surface area contributed by atoms with Gasteiger partial charge in [-0.25, -0.2) is 0 Å². The Labute approximate surface area is 161 Å². The number of anilines is 1. The third-order valence-corrected chi connectivity index (χ3v) is 4.14. The molecule has 28 heavy (non-hydrogen) atoms. The van der Waals surface area contributed by atoms with Gasteiger partial charge in [0.1, 0.15) is 0 Å². The van der Waals surface area contributed by atoms with Gasteiger partial charge in [0, 0.05) is 18.5 Å². The minimum absolute atomic E-state index is 0.0692. The minimum Gasteiger partial charge on any atom is -0.461 e. The van der Waals surface area contributed by atoms with Gasteiger partial charge in [0.2, 0.25) is 17.6 Å². The van der Waals surface area contributed by atoms with Crippen LogP contribution in [0.3, 0.4) is 0 Å². The second-order valence-corrected chi connectivity index (χ2v) is 6.06. The number of amides is 1. The first kappa shape index (κ1) is 19.0. The SMILES string of the molecule is CCc1ccc(NC(=O)C(C#N)C(=O)CCc2nc(-c3ccco3)no2)cc1. The Bertz CT molecular complexity index is 984. The Hall–Kier alpha value is -3.73. The zero-order chi connectivity index (χ0) is 19.9. The van der Waals surface area contributed by atoms with Crippen LogP contribution in [0.2, 0.25) is 0 Å². The number of carbonyl (C=O) groups is 2. The average Bonchev–Trinajstić information content (AvgIpc) is 3.39. The van der Waals surface area contributed by atoms with Crippen LogP contribution >= 0.6 is 0 Å². The summed E-state index contributed by atoms with van der Waals surface area (Å²) >= 11 is 0. The standard InChI is InChI=1S/C20H18N4O4/c1-2-13-5-7-14(8-6-13)22-20(26)15(12-21)16(25)9-10-18-23-19(24-28-18)17-4-3-11-27-17/h3-8,11,15H,2,9-10H2,1H3,(H,22,26). The van der Waals surface area contributed by atoms with Crippen molar-refractivity contribution >= 4 is 17.4 Å². The summed E-state index contributed by atoms with van der Waals surface area (Å²) in [5.41, 5.74) is 1.66. The number of hydrogen-bond donors (Lipinski definition) is 1. The van der Waals surface area contributed by atoms with Crippen molar-refractivity contribution in [2.75, 3.05) is 5.32 Å². The smallest absolute Gasteiger partial charge is 0.249 e. The number of nitrogens with one attached hydrogen (secondary N) is 1. The molecule has 0 bridgehead atoms. The largest absolute Gasteiger partial charge is 0.461 e. The van der Waals surface area contributed by atoms with Crippen molar-refractivity contribution in [2.24, 2.45) is 5.92 Å². The van der Waals surface area contributed by atoms with Crippen LogP contribution in [0.5, 0.6) is 0 Å². The van der Waals surface area contributed by atoms with Crippen LogP contribution in [0.1, 0.15) is 24.8 Å². The first-order chi connectivity index (χ1) is 13.6. The van der Waals surface area contributed by atoms with E-state index in [1.807, 2.05) is 19.1 Å². The lowest BCUT2D eigenvalue weighted by molar-refractivity contribution is -0.128. The van der Waals surface area contributed by atoms with E-state index in [9.17, 15) is 14.9 Å². The summed E-state index contributed by atoms with van der Waals surface area (Å²) < 4.78 is 10.2. The zero-order valence-electron chi connectivity index (χ0n) is 15.2. The summed E-state index contributed by atoms with van der Waals surface area (Å²) in [5.74, 6) is -1.62. The number of hydrogen-bond acceptors (Lipinski definition) is 7. The normalized spacial score (nSPS) is 11.6. The Morgan fingerprint density at radius 1 is 1.25 bits per heavy atom. The average molecular weight is 378 g/mol. The third-order valence-electron chi connectivity index (χ3n) is 4.14. The summed E-state index contributed by atoms with van der Waals surface area (Å²) in [6, 6.07) is 12.4. The van der Waals surface area contributed by atoms with Gasteiger partial charge < -0.3 is 14.3 Å². The number of benzene rings is 1. The molecule has 1 N–H and O–H groups in total. The van der Waals surface area contributed by atoms with E-state index in [0.29, 0.717) is 11.4 Å². The molecule has 2 heterocycles. The molecule has 0 saturated carbocycles. The highest BCUT2D eigenvalue weighted by atomic mass is 16.5. The molecule has 0 fully saturated rings. The number of aryl methyl sites for hydroxylation is 2. The van der Waals surface area contributed by atoms with Gasteiger partial charge in [0.25, 0.3) is 0 Å². The molecule has 1 unspecified atom stereocenters. The third kappa shape index (κ3) is 4.51. The minimum atomic E-state index is -1.40. The van der Waals surface area contributed by atoms with Gasteiger partial charge in [0.05, 0.1) is 12.3 Å². The van der Waals surface area contributed by atoms with Gasteiger partial charge in [-0.2, -0.15) is 10.2 Å². The van der Waals surface area contributed by atoms with Crippen LogP contribution in [0.15, 0.2) is 51.6 Å². The van der Waals surface area contributed by atoms with Crippen LogP contribution in [-0.2, 0) is 22.4 Å². The van der Waals surface area contributed by atoms with Gasteiger partial charge in [-0.05, 0) is 36.2 Å². The van der Waals surface area contributed by atoms with E-state index in [-0.39, 0.29) is 24.6 Å². The van der Waals surface area contributed by atoms with Gasteiger partial charge >= 0.3 is 0 Å². The first-order valence-electron chi connectivity index (χ1n) is 8.79. The second kappa shape index (κ2) is 8.77. The van der Waals surface area contributed by atoms with Crippen molar-refractivity contribution in [2.45, 2.75) is 26.2 Å². The number of aromatic nitrogens is 2. The van der Waals surface area contributed by atoms with E-state index < -0.39 is 17.6 Å². The molecule has 0 saturated heterocycles. The summed E-state index contributed by atoms with van der Waals surface area (Å²) in [6.45, 7) is 2.03. The number of nitrogens with zero attached hydrogens (tertiary/aromatic N) is 3. The maximum atomic E-state index is 12.3. The number of ketones is 1. The van der Waals surface area contributed by atoms with Crippen LogP contribution in [0.4, 0.5) is 5.69 Å². The molecule has 1 aromatic carbocycles. The van der Waals surface area contributed by atoms with E-state index in [2.05, 4.69) is 15.5 Å². The highest BCUT2D eigenvalue weighted by Crippen LogP contribution is 2.17. The molecule has 0 aliphatic heterocycles. The summed E-state index contributed by atoms with van der Waals surface area (Å²) in [4.78, 5) is 28.7. The Morgan fingerprint density at radius 2 is 2.04 bits per heavy atom. The van der Waals surface area contributed by atoms with Crippen molar-refractivity contribution in [3.8, 4) is 17.7 Å². The molecule has 0 spiro atoms. The van der Waals surface area contributed by atoms with Crippen LogP contribution < -0.4 is 5.32 Å². The zero-order valence-corrected chi connectivity index (χ0v) is 15.2. The highest BCUT2D eigenvalue weighted by molar-refractivity contribution is 6.09. The summed E-state index contributed by atoms with van der Waals surface area (Å²) in [7, 11) is 0. The molecule has 0 radical (unpaired) electrons. The van der Waals surface area contributed by atoms with Crippen LogP contribution in [0, 0.1) is 17.2 Å².